The molecule has 0 radical (unpaired) electrons. The van der Waals surface area contributed by atoms with E-state index in [0.29, 0.717) is 19.0 Å². The molecule has 118 valence electrons. The third-order valence-electron chi connectivity index (χ3n) is 2.70. The number of carbonyl (C=O) groups is 1. The van der Waals surface area contributed by atoms with Gasteiger partial charge in [-0.1, -0.05) is 34.6 Å². The number of hydrogen-bond acceptors (Lipinski definition) is 2. The zero-order valence-electron chi connectivity index (χ0n) is 14.0. The van der Waals surface area contributed by atoms with Crippen LogP contribution in [-0.4, -0.2) is 38.0 Å². The number of rotatable bonds is 7. The van der Waals surface area contributed by atoms with Crippen molar-refractivity contribution in [3.63, 3.8) is 0 Å². The van der Waals surface area contributed by atoms with E-state index in [4.69, 9.17) is 0 Å². The van der Waals surface area contributed by atoms with Crippen LogP contribution >= 0.6 is 0 Å². The van der Waals surface area contributed by atoms with Gasteiger partial charge < -0.3 is 16.0 Å². The lowest BCUT2D eigenvalue weighted by Crippen LogP contribution is -2.43. The molecule has 3 N–H and O–H groups in total. The molecule has 0 aromatic rings. The van der Waals surface area contributed by atoms with Gasteiger partial charge in [0.15, 0.2) is 5.96 Å². The van der Waals surface area contributed by atoms with Gasteiger partial charge in [0.1, 0.15) is 0 Å². The average molecular weight is 284 g/mol. The van der Waals surface area contributed by atoms with Crippen LogP contribution in [0.2, 0.25) is 0 Å². The molecule has 0 aromatic heterocycles. The lowest BCUT2D eigenvalue weighted by atomic mass is 9.96. The topological polar surface area (TPSA) is 65.5 Å². The van der Waals surface area contributed by atoms with Crippen molar-refractivity contribution in [1.82, 2.24) is 16.0 Å². The Labute approximate surface area is 124 Å². The molecule has 0 aliphatic rings. The van der Waals surface area contributed by atoms with Crippen molar-refractivity contribution in [3.05, 3.63) is 0 Å². The Hall–Kier alpha value is -1.26. The summed E-state index contributed by atoms with van der Waals surface area (Å²) < 4.78 is 0. The van der Waals surface area contributed by atoms with Crippen LogP contribution in [0.15, 0.2) is 4.99 Å². The molecule has 20 heavy (non-hydrogen) atoms. The van der Waals surface area contributed by atoms with Crippen molar-refractivity contribution in [2.24, 2.45) is 16.3 Å². The Bertz CT molecular complexity index is 305. The van der Waals surface area contributed by atoms with Crippen molar-refractivity contribution >= 4 is 11.9 Å². The summed E-state index contributed by atoms with van der Waals surface area (Å²) in [6, 6.07) is 0. The summed E-state index contributed by atoms with van der Waals surface area (Å²) in [6.45, 7) is 15.1. The first-order chi connectivity index (χ1) is 9.27. The van der Waals surface area contributed by atoms with Gasteiger partial charge in [-0.25, -0.2) is 0 Å². The largest absolute Gasteiger partial charge is 0.357 e. The normalized spacial score (nSPS) is 12.4. The smallest absolute Gasteiger partial charge is 0.225 e. The second-order valence-corrected chi connectivity index (χ2v) is 6.38. The van der Waals surface area contributed by atoms with Gasteiger partial charge >= 0.3 is 0 Å². The fraction of sp³-hybridized carbons (Fsp3) is 0.867. The van der Waals surface area contributed by atoms with Crippen LogP contribution in [0.1, 0.15) is 48.0 Å². The minimum absolute atomic E-state index is 0.0704. The highest BCUT2D eigenvalue weighted by atomic mass is 16.2. The first kappa shape index (κ1) is 18.7. The van der Waals surface area contributed by atoms with Crippen molar-refractivity contribution in [1.29, 1.82) is 0 Å². The van der Waals surface area contributed by atoms with Crippen molar-refractivity contribution in [2.75, 3.05) is 26.2 Å². The molecular weight excluding hydrogens is 252 g/mol. The Kier molecular flexibility index (Phi) is 9.01. The van der Waals surface area contributed by atoms with E-state index < -0.39 is 0 Å². The predicted octanol–water partition coefficient (Wildman–Crippen LogP) is 1.75. The second-order valence-electron chi connectivity index (χ2n) is 6.38. The zero-order valence-corrected chi connectivity index (χ0v) is 14.0. The summed E-state index contributed by atoms with van der Waals surface area (Å²) in [4.78, 5) is 16.2. The van der Waals surface area contributed by atoms with E-state index in [1.54, 1.807) is 0 Å². The molecule has 0 aromatic carbocycles. The number of nitrogens with one attached hydrogen (secondary N) is 3. The Balaban J connectivity index is 4.00. The molecule has 0 fully saturated rings. The maximum atomic E-state index is 11.7. The lowest BCUT2D eigenvalue weighted by molar-refractivity contribution is -0.128. The maximum absolute atomic E-state index is 11.7. The molecular formula is C15H32N4O. The highest BCUT2D eigenvalue weighted by molar-refractivity contribution is 5.81. The van der Waals surface area contributed by atoms with Gasteiger partial charge in [-0.3, -0.25) is 9.79 Å². The van der Waals surface area contributed by atoms with E-state index in [1.807, 2.05) is 27.7 Å². The van der Waals surface area contributed by atoms with E-state index in [1.165, 1.54) is 0 Å². The Morgan fingerprint density at radius 1 is 1.10 bits per heavy atom. The molecule has 0 spiro atoms. The van der Waals surface area contributed by atoms with Crippen molar-refractivity contribution in [2.45, 2.75) is 48.0 Å². The molecule has 0 heterocycles. The fourth-order valence-corrected chi connectivity index (χ4v) is 1.40. The molecule has 0 aliphatic carbocycles. The maximum Gasteiger partial charge on any atom is 0.225 e. The monoisotopic (exact) mass is 284 g/mol. The van der Waals surface area contributed by atoms with Crippen molar-refractivity contribution in [3.8, 4) is 0 Å². The SMILES string of the molecule is CCNC(=NCCC(C)C)NCCNC(=O)C(C)(C)C. The predicted molar refractivity (Wildman–Crippen MR) is 85.9 cm³/mol. The number of guanidine groups is 1. The molecule has 1 amide bonds. The number of carbonyl (C=O) groups excluding carboxylic acids is 1. The summed E-state index contributed by atoms with van der Waals surface area (Å²) in [6.07, 6.45) is 1.08. The summed E-state index contributed by atoms with van der Waals surface area (Å²) >= 11 is 0. The van der Waals surface area contributed by atoms with Crippen LogP contribution in [0.25, 0.3) is 0 Å². The second kappa shape index (κ2) is 9.61. The molecule has 0 saturated heterocycles. The Morgan fingerprint density at radius 2 is 1.70 bits per heavy atom. The van der Waals surface area contributed by atoms with Gasteiger partial charge in [-0.05, 0) is 19.3 Å². The zero-order chi connectivity index (χ0) is 15.6. The number of amides is 1. The third kappa shape index (κ3) is 9.64. The summed E-state index contributed by atoms with van der Waals surface area (Å²) in [5, 5.41) is 9.34. The minimum Gasteiger partial charge on any atom is -0.357 e. The molecule has 0 rings (SSSR count). The first-order valence-electron chi connectivity index (χ1n) is 7.57. The molecule has 5 heteroatoms. The van der Waals surface area contributed by atoms with Crippen molar-refractivity contribution < 1.29 is 4.79 Å². The van der Waals surface area contributed by atoms with Gasteiger partial charge in [0.2, 0.25) is 5.91 Å². The van der Waals surface area contributed by atoms with E-state index >= 15 is 0 Å². The number of nitrogens with zero attached hydrogens (tertiary/aromatic N) is 1. The van der Waals surface area contributed by atoms with Gasteiger partial charge in [-0.15, -0.1) is 0 Å². The molecule has 0 bridgehead atoms. The molecule has 0 saturated carbocycles. The highest BCUT2D eigenvalue weighted by Crippen LogP contribution is 2.11. The Morgan fingerprint density at radius 3 is 2.20 bits per heavy atom. The van der Waals surface area contributed by atoms with Crippen LogP contribution < -0.4 is 16.0 Å². The first-order valence-corrected chi connectivity index (χ1v) is 7.57. The summed E-state index contributed by atoms with van der Waals surface area (Å²) in [5.41, 5.74) is -0.337. The van der Waals surface area contributed by atoms with Gasteiger partial charge in [0.05, 0.1) is 0 Å². The quantitative estimate of drug-likeness (QED) is 0.379. The van der Waals surface area contributed by atoms with Gasteiger partial charge in [0.25, 0.3) is 0 Å². The van der Waals surface area contributed by atoms with E-state index in [2.05, 4.69) is 34.8 Å². The van der Waals surface area contributed by atoms with Crippen LogP contribution in [0.4, 0.5) is 0 Å². The molecule has 0 atom stereocenters. The number of hydrogen-bond donors (Lipinski definition) is 3. The van der Waals surface area contributed by atoms with Crippen LogP contribution in [0, 0.1) is 11.3 Å². The van der Waals surface area contributed by atoms with Crippen LogP contribution in [-0.2, 0) is 4.79 Å². The van der Waals surface area contributed by atoms with E-state index in [-0.39, 0.29) is 11.3 Å². The average Bonchev–Trinajstić information content (AvgIpc) is 2.32. The lowest BCUT2D eigenvalue weighted by Gasteiger charge is -2.18. The number of aliphatic imine (C=N–C) groups is 1. The van der Waals surface area contributed by atoms with E-state index in [0.717, 1.165) is 25.5 Å². The summed E-state index contributed by atoms with van der Waals surface area (Å²) in [7, 11) is 0. The minimum atomic E-state index is -0.337. The summed E-state index contributed by atoms with van der Waals surface area (Å²) in [5.74, 6) is 1.55. The molecule has 0 unspecified atom stereocenters. The van der Waals surface area contributed by atoms with Crippen LogP contribution in [0.3, 0.4) is 0 Å². The fourth-order valence-electron chi connectivity index (χ4n) is 1.40. The van der Waals surface area contributed by atoms with Gasteiger partial charge in [0, 0.05) is 31.6 Å². The van der Waals surface area contributed by atoms with E-state index in [9.17, 15) is 4.79 Å². The standard InChI is InChI=1S/C15H32N4O/c1-7-16-14(18-9-8-12(2)3)19-11-10-17-13(20)15(4,5)6/h12H,7-11H2,1-6H3,(H,17,20)(H2,16,18,19). The van der Waals surface area contributed by atoms with Gasteiger partial charge in [-0.2, -0.15) is 0 Å². The molecule has 0 aliphatic heterocycles. The third-order valence-corrected chi connectivity index (χ3v) is 2.70. The highest BCUT2D eigenvalue weighted by Gasteiger charge is 2.20. The van der Waals surface area contributed by atoms with Crippen LogP contribution in [0.5, 0.6) is 0 Å². The molecule has 5 nitrogen and oxygen atoms in total.